The van der Waals surface area contributed by atoms with Crippen molar-refractivity contribution in [1.82, 2.24) is 0 Å². The molecule has 0 amide bonds. The van der Waals surface area contributed by atoms with Crippen molar-refractivity contribution in [3.8, 4) is 11.5 Å². The van der Waals surface area contributed by atoms with Crippen LogP contribution < -0.4 is 4.74 Å². The number of halogens is 2. The fraction of sp³-hybridized carbons (Fsp3) is 0.462. The van der Waals surface area contributed by atoms with Crippen LogP contribution in [0.15, 0.2) is 8.95 Å². The molecule has 0 aliphatic rings. The fourth-order valence-electron chi connectivity index (χ4n) is 1.92. The van der Waals surface area contributed by atoms with Crippen LogP contribution in [0.1, 0.15) is 50.7 Å². The van der Waals surface area contributed by atoms with E-state index in [0.29, 0.717) is 15.6 Å². The lowest BCUT2D eigenvalue weighted by atomic mass is 9.95. The quantitative estimate of drug-likeness (QED) is 0.543. The second-order valence-electron chi connectivity index (χ2n) is 4.81. The Balaban J connectivity index is 3.69. The summed E-state index contributed by atoms with van der Waals surface area (Å²) in [6.45, 7) is 7.61. The highest BCUT2D eigenvalue weighted by molar-refractivity contribution is 9.13. The smallest absolute Gasteiger partial charge is 0.504 e. The zero-order valence-corrected chi connectivity index (χ0v) is 14.3. The van der Waals surface area contributed by atoms with Crippen molar-refractivity contribution in [2.24, 2.45) is 0 Å². The van der Waals surface area contributed by atoms with E-state index in [-0.39, 0.29) is 23.3 Å². The van der Waals surface area contributed by atoms with Gasteiger partial charge in [0.2, 0.25) is 0 Å². The number of phenols is 1. The summed E-state index contributed by atoms with van der Waals surface area (Å²) in [5, 5.41) is 19.1. The number of benzene rings is 1. The lowest BCUT2D eigenvalue weighted by molar-refractivity contribution is 0.142. The van der Waals surface area contributed by atoms with Gasteiger partial charge in [0, 0.05) is 20.1 Å². The van der Waals surface area contributed by atoms with Gasteiger partial charge >= 0.3 is 6.16 Å². The van der Waals surface area contributed by atoms with Gasteiger partial charge in [0.05, 0.1) is 0 Å². The number of aromatic hydroxyl groups is 1. The van der Waals surface area contributed by atoms with Crippen molar-refractivity contribution in [1.29, 1.82) is 0 Å². The minimum absolute atomic E-state index is 0.00118. The molecule has 0 aromatic heterocycles. The summed E-state index contributed by atoms with van der Waals surface area (Å²) in [6.07, 6.45) is -1.44. The van der Waals surface area contributed by atoms with E-state index in [0.717, 1.165) is 4.47 Å². The van der Waals surface area contributed by atoms with Crippen LogP contribution in [-0.2, 0) is 0 Å². The van der Waals surface area contributed by atoms with Crippen LogP contribution in [0.3, 0.4) is 0 Å². The summed E-state index contributed by atoms with van der Waals surface area (Å²) in [7, 11) is 0. The van der Waals surface area contributed by atoms with Gasteiger partial charge in [0.25, 0.3) is 0 Å². The highest BCUT2D eigenvalue weighted by atomic mass is 79.9. The SMILES string of the molecule is CC(C)c1c(O)c(OC(=O)O)c(C(C)C)c(Br)c1Br. The molecular weight excluding hydrogens is 380 g/mol. The third-order valence-electron chi connectivity index (χ3n) is 2.72. The van der Waals surface area contributed by atoms with Crippen molar-refractivity contribution < 1.29 is 19.7 Å². The first kappa shape index (κ1) is 16.3. The minimum Gasteiger partial charge on any atom is -0.504 e. The molecule has 1 aromatic carbocycles. The van der Waals surface area contributed by atoms with E-state index >= 15 is 0 Å². The molecule has 2 N–H and O–H groups in total. The molecule has 19 heavy (non-hydrogen) atoms. The summed E-state index contributed by atoms with van der Waals surface area (Å²) in [4.78, 5) is 10.8. The van der Waals surface area contributed by atoms with Gasteiger partial charge < -0.3 is 14.9 Å². The molecule has 0 unspecified atom stereocenters. The van der Waals surface area contributed by atoms with Gasteiger partial charge in [0.1, 0.15) is 0 Å². The van der Waals surface area contributed by atoms with E-state index < -0.39 is 6.16 Å². The average molecular weight is 396 g/mol. The van der Waals surface area contributed by atoms with Crippen LogP contribution in [0.5, 0.6) is 11.5 Å². The van der Waals surface area contributed by atoms with E-state index in [1.165, 1.54) is 0 Å². The largest absolute Gasteiger partial charge is 0.511 e. The molecule has 0 aliphatic heterocycles. The van der Waals surface area contributed by atoms with Crippen molar-refractivity contribution in [2.45, 2.75) is 39.5 Å². The molecule has 0 bridgehead atoms. The number of carbonyl (C=O) groups is 1. The van der Waals surface area contributed by atoms with Crippen LogP contribution in [0.2, 0.25) is 0 Å². The predicted octanol–water partition coefficient (Wildman–Crippen LogP) is 5.22. The summed E-state index contributed by atoms with van der Waals surface area (Å²) in [6, 6.07) is 0. The Morgan fingerprint density at radius 1 is 1.05 bits per heavy atom. The number of rotatable bonds is 3. The van der Waals surface area contributed by atoms with E-state index in [9.17, 15) is 9.90 Å². The highest BCUT2D eigenvalue weighted by Gasteiger charge is 2.27. The Morgan fingerprint density at radius 2 is 1.47 bits per heavy atom. The molecule has 0 saturated heterocycles. The van der Waals surface area contributed by atoms with Crippen LogP contribution in [0, 0.1) is 0 Å². The van der Waals surface area contributed by atoms with Gasteiger partial charge in [-0.2, -0.15) is 0 Å². The molecule has 1 aromatic rings. The Bertz CT molecular complexity index is 510. The van der Waals surface area contributed by atoms with Crippen LogP contribution >= 0.6 is 31.9 Å². The van der Waals surface area contributed by atoms with Crippen molar-refractivity contribution in [3.63, 3.8) is 0 Å². The number of phenolic OH excluding ortho intramolecular Hbond substituents is 1. The molecule has 0 atom stereocenters. The third kappa shape index (κ3) is 3.23. The van der Waals surface area contributed by atoms with E-state index in [1.54, 1.807) is 0 Å². The van der Waals surface area contributed by atoms with Gasteiger partial charge in [-0.25, -0.2) is 4.79 Å². The van der Waals surface area contributed by atoms with Gasteiger partial charge in [-0.1, -0.05) is 27.7 Å². The summed E-state index contributed by atoms with van der Waals surface area (Å²) >= 11 is 6.89. The standard InChI is InChI=1S/C13H16Br2O4/c1-5(2)7-9(14)10(15)8(6(3)4)12(11(7)16)19-13(17)18/h5-6,16H,1-4H3,(H,17,18). The maximum atomic E-state index is 10.8. The van der Waals surface area contributed by atoms with E-state index in [4.69, 9.17) is 9.84 Å². The number of hydrogen-bond donors (Lipinski definition) is 2. The van der Waals surface area contributed by atoms with Crippen LogP contribution in [0.4, 0.5) is 4.79 Å². The third-order valence-corrected chi connectivity index (χ3v) is 4.90. The van der Waals surface area contributed by atoms with Gasteiger partial charge in [-0.15, -0.1) is 0 Å². The number of carboxylic acid groups (broad SMARTS) is 1. The lowest BCUT2D eigenvalue weighted by Gasteiger charge is -2.21. The minimum atomic E-state index is -1.44. The van der Waals surface area contributed by atoms with E-state index in [2.05, 4.69) is 31.9 Å². The van der Waals surface area contributed by atoms with Crippen LogP contribution in [0.25, 0.3) is 0 Å². The molecule has 1 rings (SSSR count). The number of hydrogen-bond acceptors (Lipinski definition) is 3. The average Bonchev–Trinajstić information content (AvgIpc) is 2.24. The molecular formula is C13H16Br2O4. The second-order valence-corrected chi connectivity index (χ2v) is 6.40. The molecule has 6 heteroatoms. The van der Waals surface area contributed by atoms with Crippen molar-refractivity contribution in [2.75, 3.05) is 0 Å². The van der Waals surface area contributed by atoms with Gasteiger partial charge in [-0.05, 0) is 43.7 Å². The molecule has 0 heterocycles. The number of ether oxygens (including phenoxy) is 1. The highest BCUT2D eigenvalue weighted by Crippen LogP contribution is 2.49. The predicted molar refractivity (Wildman–Crippen MR) is 80.3 cm³/mol. The van der Waals surface area contributed by atoms with Gasteiger partial charge in [-0.3, -0.25) is 0 Å². The Labute approximate surface area is 129 Å². The first-order chi connectivity index (χ1) is 8.68. The molecule has 0 saturated carbocycles. The molecule has 0 fully saturated rings. The summed E-state index contributed by atoms with van der Waals surface area (Å²) in [5.74, 6) is -0.118. The van der Waals surface area contributed by atoms with Crippen molar-refractivity contribution >= 4 is 38.0 Å². The first-order valence-electron chi connectivity index (χ1n) is 5.82. The Morgan fingerprint density at radius 3 is 1.84 bits per heavy atom. The normalized spacial score (nSPS) is 11.2. The topological polar surface area (TPSA) is 66.8 Å². The first-order valence-corrected chi connectivity index (χ1v) is 7.41. The zero-order valence-electron chi connectivity index (χ0n) is 11.1. The Hall–Kier alpha value is -0.750. The van der Waals surface area contributed by atoms with Gasteiger partial charge in [0.15, 0.2) is 11.5 Å². The zero-order chi connectivity index (χ0) is 14.9. The molecule has 0 spiro atoms. The summed E-state index contributed by atoms with van der Waals surface area (Å²) < 4.78 is 6.21. The monoisotopic (exact) mass is 394 g/mol. The fourth-order valence-corrected chi connectivity index (χ4v) is 3.63. The van der Waals surface area contributed by atoms with Crippen molar-refractivity contribution in [3.05, 3.63) is 20.1 Å². The maximum absolute atomic E-state index is 10.8. The van der Waals surface area contributed by atoms with Crippen LogP contribution in [-0.4, -0.2) is 16.4 Å². The Kier molecular flexibility index (Phi) is 5.26. The maximum Gasteiger partial charge on any atom is 0.511 e. The molecule has 0 aliphatic carbocycles. The molecule has 4 nitrogen and oxygen atoms in total. The molecule has 0 radical (unpaired) electrons. The summed E-state index contributed by atoms with van der Waals surface area (Å²) in [5.41, 5.74) is 1.24. The second kappa shape index (κ2) is 6.13. The van der Waals surface area contributed by atoms with E-state index in [1.807, 2.05) is 27.7 Å². The lowest BCUT2D eigenvalue weighted by Crippen LogP contribution is -2.09. The molecule has 106 valence electrons.